The first-order valence-corrected chi connectivity index (χ1v) is 14.0. The summed E-state index contributed by atoms with van der Waals surface area (Å²) < 4.78 is 14.7. The van der Waals surface area contributed by atoms with Gasteiger partial charge in [0.1, 0.15) is 18.2 Å². The fourth-order valence-electron chi connectivity index (χ4n) is 4.90. The first-order chi connectivity index (χ1) is 19.0. The van der Waals surface area contributed by atoms with Crippen molar-refractivity contribution in [3.63, 3.8) is 0 Å². The molecule has 202 valence electrons. The highest BCUT2D eigenvalue weighted by Crippen LogP contribution is 2.24. The van der Waals surface area contributed by atoms with Crippen LogP contribution in [0.5, 0.6) is 5.88 Å². The minimum Gasteiger partial charge on any atom is -0.469 e. The Balaban J connectivity index is 1.11. The van der Waals surface area contributed by atoms with Crippen LogP contribution in [0.2, 0.25) is 0 Å². The van der Waals surface area contributed by atoms with Crippen molar-refractivity contribution >= 4 is 38.6 Å². The van der Waals surface area contributed by atoms with E-state index >= 15 is 0 Å². The van der Waals surface area contributed by atoms with E-state index in [2.05, 4.69) is 40.3 Å². The zero-order chi connectivity index (χ0) is 26.8. The van der Waals surface area contributed by atoms with Crippen LogP contribution in [0.15, 0.2) is 53.3 Å². The number of pyridine rings is 1. The van der Waals surface area contributed by atoms with Crippen molar-refractivity contribution in [2.45, 2.75) is 39.1 Å². The molecule has 11 heteroatoms. The number of aromatic nitrogens is 5. The maximum Gasteiger partial charge on any atom is 0.215 e. The molecule has 0 saturated carbocycles. The summed E-state index contributed by atoms with van der Waals surface area (Å²) in [7, 11) is 0. The lowest BCUT2D eigenvalue weighted by Gasteiger charge is -2.35. The van der Waals surface area contributed by atoms with Crippen LogP contribution in [0.4, 0.5) is 5.82 Å². The van der Waals surface area contributed by atoms with Crippen molar-refractivity contribution in [2.24, 2.45) is 0 Å². The zero-order valence-corrected chi connectivity index (χ0v) is 23.4. The molecule has 5 heterocycles. The summed E-state index contributed by atoms with van der Waals surface area (Å²) in [6.07, 6.45) is 4.66. The van der Waals surface area contributed by atoms with Crippen molar-refractivity contribution < 1.29 is 14.3 Å². The number of piperazine rings is 1. The van der Waals surface area contributed by atoms with E-state index in [1.807, 2.05) is 36.4 Å². The fraction of sp³-hybridized carbons (Fsp3) is 0.393. The van der Waals surface area contributed by atoms with Gasteiger partial charge in [0.05, 0.1) is 34.7 Å². The first kappa shape index (κ1) is 25.8. The molecule has 0 radical (unpaired) electrons. The van der Waals surface area contributed by atoms with Crippen LogP contribution in [-0.2, 0) is 24.4 Å². The highest BCUT2D eigenvalue weighted by Gasteiger charge is 2.25. The zero-order valence-electron chi connectivity index (χ0n) is 21.8. The summed E-state index contributed by atoms with van der Waals surface area (Å²) in [6.45, 7) is 7.67. The third kappa shape index (κ3) is 5.95. The van der Waals surface area contributed by atoms with Gasteiger partial charge in [-0.3, -0.25) is 9.69 Å². The molecule has 1 atom stereocenters. The Kier molecular flexibility index (Phi) is 7.53. The third-order valence-electron chi connectivity index (χ3n) is 7.21. The van der Waals surface area contributed by atoms with E-state index in [9.17, 15) is 4.79 Å². The predicted molar refractivity (Wildman–Crippen MR) is 150 cm³/mol. The molecule has 6 rings (SSSR count). The number of ether oxygens (including phenoxy) is 2. The molecule has 2 fully saturated rings. The largest absolute Gasteiger partial charge is 0.469 e. The number of halogens is 1. The lowest BCUT2D eigenvalue weighted by molar-refractivity contribution is -0.0592. The van der Waals surface area contributed by atoms with E-state index < -0.39 is 0 Å². The van der Waals surface area contributed by atoms with Crippen LogP contribution in [0, 0.1) is 0 Å². The Morgan fingerprint density at radius 2 is 1.90 bits per heavy atom. The molecule has 0 spiro atoms. The van der Waals surface area contributed by atoms with Gasteiger partial charge in [-0.1, -0.05) is 6.07 Å². The van der Waals surface area contributed by atoms with Crippen LogP contribution >= 0.6 is 15.9 Å². The summed E-state index contributed by atoms with van der Waals surface area (Å²) >= 11 is 3.34. The molecule has 0 N–H and O–H groups in total. The molecule has 39 heavy (non-hydrogen) atoms. The standard InChI is InChI=1S/C28H30BrN7O3/c1-19(37)20-5-6-23-24(13-20)36(16-22-7-12-38-22)27(32-23)17-34-8-10-35(11-9-34)26-3-2-4-28(33-26)39-18-25-30-14-21(29)15-31-25/h2-6,13-15,22H,7-12,16-18H2,1H3/t22-/m0/s1. The number of nitrogens with zero attached hydrogens (tertiary/aromatic N) is 7. The topological polar surface area (TPSA) is 98.5 Å². The lowest BCUT2D eigenvalue weighted by atomic mass is 10.1. The molecular weight excluding hydrogens is 562 g/mol. The minimum atomic E-state index is 0.0620. The molecule has 0 aliphatic carbocycles. The maximum absolute atomic E-state index is 12.0. The summed E-state index contributed by atoms with van der Waals surface area (Å²) in [6, 6.07) is 11.6. The number of imidazole rings is 1. The van der Waals surface area contributed by atoms with Crippen LogP contribution < -0.4 is 9.64 Å². The van der Waals surface area contributed by atoms with Crippen molar-refractivity contribution in [2.75, 3.05) is 37.7 Å². The number of ketones is 1. The summed E-state index contributed by atoms with van der Waals surface area (Å²) in [5, 5.41) is 0. The number of carbonyl (C=O) groups excluding carboxylic acids is 1. The minimum absolute atomic E-state index is 0.0620. The van der Waals surface area contributed by atoms with E-state index in [-0.39, 0.29) is 18.5 Å². The highest BCUT2D eigenvalue weighted by atomic mass is 79.9. The average molecular weight is 592 g/mol. The fourth-order valence-corrected chi connectivity index (χ4v) is 5.10. The summed E-state index contributed by atoms with van der Waals surface area (Å²) in [5.41, 5.74) is 2.63. The Hall–Kier alpha value is -3.41. The van der Waals surface area contributed by atoms with E-state index in [0.717, 1.165) is 79.4 Å². The Bertz CT molecular complexity index is 1460. The molecule has 2 aliphatic rings. The SMILES string of the molecule is CC(=O)c1ccc2nc(CN3CCN(c4cccc(OCc5ncc(Br)cn5)n4)CC3)n(C[C@@H]3CCO3)c2c1. The number of anilines is 1. The van der Waals surface area contributed by atoms with Crippen molar-refractivity contribution in [1.82, 2.24) is 29.4 Å². The van der Waals surface area contributed by atoms with Gasteiger partial charge in [-0.15, -0.1) is 0 Å². The van der Waals surface area contributed by atoms with Gasteiger partial charge in [-0.05, 0) is 53.5 Å². The normalized spacial score (nSPS) is 17.8. The number of hydrogen-bond acceptors (Lipinski definition) is 9. The third-order valence-corrected chi connectivity index (χ3v) is 7.62. The Morgan fingerprint density at radius 3 is 2.62 bits per heavy atom. The molecule has 1 aromatic carbocycles. The lowest BCUT2D eigenvalue weighted by Crippen LogP contribution is -2.46. The van der Waals surface area contributed by atoms with Crippen molar-refractivity contribution in [1.29, 1.82) is 0 Å². The Morgan fingerprint density at radius 1 is 1.10 bits per heavy atom. The van der Waals surface area contributed by atoms with E-state index in [0.29, 0.717) is 17.3 Å². The molecule has 0 unspecified atom stereocenters. The van der Waals surface area contributed by atoms with E-state index in [1.165, 1.54) is 0 Å². The number of carbonyl (C=O) groups is 1. The number of hydrogen-bond donors (Lipinski definition) is 0. The van der Waals surface area contributed by atoms with Crippen LogP contribution in [-0.4, -0.2) is 74.1 Å². The molecule has 0 amide bonds. The monoisotopic (exact) mass is 591 g/mol. The smallest absolute Gasteiger partial charge is 0.215 e. The number of fused-ring (bicyclic) bond motifs is 1. The van der Waals surface area contributed by atoms with E-state index in [1.54, 1.807) is 19.3 Å². The molecule has 3 aromatic heterocycles. The van der Waals surface area contributed by atoms with Crippen molar-refractivity contribution in [3.05, 3.63) is 70.5 Å². The number of rotatable bonds is 9. The molecule has 4 aromatic rings. The quantitative estimate of drug-likeness (QED) is 0.268. The van der Waals surface area contributed by atoms with Gasteiger partial charge < -0.3 is 18.9 Å². The van der Waals surface area contributed by atoms with Crippen molar-refractivity contribution in [3.8, 4) is 5.88 Å². The van der Waals surface area contributed by atoms with Crippen LogP contribution in [0.1, 0.15) is 35.4 Å². The van der Waals surface area contributed by atoms with E-state index in [4.69, 9.17) is 19.4 Å². The predicted octanol–water partition coefficient (Wildman–Crippen LogP) is 3.88. The number of Topliss-reactive ketones (excluding diaryl/α,β-unsaturated/α-hetero) is 1. The van der Waals surface area contributed by atoms with Gasteiger partial charge in [0.2, 0.25) is 5.88 Å². The maximum atomic E-state index is 12.0. The average Bonchev–Trinajstić information content (AvgIpc) is 3.26. The number of benzene rings is 1. The Labute approximate surface area is 235 Å². The second-order valence-electron chi connectivity index (χ2n) is 9.88. The van der Waals surface area contributed by atoms with Gasteiger partial charge in [0, 0.05) is 56.8 Å². The van der Waals surface area contributed by atoms with Crippen LogP contribution in [0.3, 0.4) is 0 Å². The van der Waals surface area contributed by atoms with Gasteiger partial charge in [0.25, 0.3) is 0 Å². The molecule has 0 bridgehead atoms. The van der Waals surface area contributed by atoms with Crippen LogP contribution in [0.25, 0.3) is 11.0 Å². The highest BCUT2D eigenvalue weighted by molar-refractivity contribution is 9.10. The first-order valence-electron chi connectivity index (χ1n) is 13.2. The molecule has 2 aliphatic heterocycles. The second-order valence-corrected chi connectivity index (χ2v) is 10.8. The molecule has 10 nitrogen and oxygen atoms in total. The summed E-state index contributed by atoms with van der Waals surface area (Å²) in [5.74, 6) is 3.13. The van der Waals surface area contributed by atoms with Gasteiger partial charge in [-0.2, -0.15) is 4.98 Å². The second kappa shape index (κ2) is 11.4. The molecule has 2 saturated heterocycles. The van der Waals surface area contributed by atoms with Gasteiger partial charge in [-0.25, -0.2) is 15.0 Å². The summed E-state index contributed by atoms with van der Waals surface area (Å²) in [4.78, 5) is 34.9. The molecular formula is C28H30BrN7O3. The van der Waals surface area contributed by atoms with Gasteiger partial charge >= 0.3 is 0 Å². The van der Waals surface area contributed by atoms with Gasteiger partial charge in [0.15, 0.2) is 11.6 Å².